The molecule has 0 aliphatic carbocycles. The highest BCUT2D eigenvalue weighted by atomic mass is 14.9. The van der Waals surface area contributed by atoms with Gasteiger partial charge in [0.2, 0.25) is 34.2 Å². The zero-order chi connectivity index (χ0) is 74.3. The van der Waals surface area contributed by atoms with Crippen LogP contribution in [0.2, 0.25) is 0 Å². The first-order valence-electron chi connectivity index (χ1n) is 35.8. The van der Waals surface area contributed by atoms with Crippen molar-refractivity contribution in [3.63, 3.8) is 0 Å². The van der Waals surface area contributed by atoms with Gasteiger partial charge in [-0.05, 0) is 225 Å². The summed E-state index contributed by atoms with van der Waals surface area (Å²) in [6.45, 7) is 16.0. The Balaban J connectivity index is 0.000000171. The molecule has 0 aliphatic rings. The molecule has 0 unspecified atom stereocenters. The van der Waals surface area contributed by atoms with E-state index in [1.807, 2.05) is 93.2 Å². The normalized spacial score (nSPS) is 12.2. The predicted molar refractivity (Wildman–Crippen MR) is 385 cm³/mol. The third-order valence-electron chi connectivity index (χ3n) is 16.9. The topological polar surface area (TPSA) is 23.3 Å². The molecule has 0 fully saturated rings. The standard InChI is InChI=1S/2C15H18N.4C14H16N/c1-11-9-13(3)14(10-12(11)2)15-7-5-6-8-16(15)4;1-11-7-5-6-8-14(11)15-9-12(2)13(3)10-16(15)4;2*1-11-7-6-8-13(12(11)2)14-9-4-5-10-15(14)3;1-11-7-8-13(12(2)10-11)14-6-4-5-9-15(14)3;1-11-7-8-12(2)13(10-11)14-6-4-5-9-15(14)3/h2*5-10H,1-4H3;4*4-10H,1-3H3/q6*+1/i1D3;2D3,3D3;;;;. The molecule has 0 spiro atoms. The summed E-state index contributed by atoms with van der Waals surface area (Å²) in [7, 11) is 12.0. The summed E-state index contributed by atoms with van der Waals surface area (Å²) >= 11 is 0. The van der Waals surface area contributed by atoms with Gasteiger partial charge in [0, 0.05) is 118 Å². The van der Waals surface area contributed by atoms with Gasteiger partial charge in [0.05, 0.1) is 0 Å². The lowest BCUT2D eigenvalue weighted by Crippen LogP contribution is -2.31. The highest BCUT2D eigenvalue weighted by Crippen LogP contribution is 2.27. The van der Waals surface area contributed by atoms with Gasteiger partial charge in [-0.3, -0.25) is 0 Å². The predicted octanol–water partition coefficient (Wildman–Crippen LogP) is 17.4. The lowest BCUT2D eigenvalue weighted by molar-refractivity contribution is -0.660. The molecule has 468 valence electrons. The number of hydrogen-bond donors (Lipinski definition) is 0. The monoisotopic (exact) mass is 1230 g/mol. The molecule has 0 bridgehead atoms. The van der Waals surface area contributed by atoms with Gasteiger partial charge in [0.1, 0.15) is 42.3 Å². The molecule has 12 aromatic rings. The van der Waals surface area contributed by atoms with Crippen molar-refractivity contribution in [2.24, 2.45) is 42.3 Å². The van der Waals surface area contributed by atoms with Crippen LogP contribution in [0.4, 0.5) is 0 Å². The van der Waals surface area contributed by atoms with E-state index in [4.69, 9.17) is 12.3 Å². The summed E-state index contributed by atoms with van der Waals surface area (Å²) in [5, 5.41) is 0. The van der Waals surface area contributed by atoms with E-state index in [1.165, 1.54) is 102 Å². The van der Waals surface area contributed by atoms with Crippen molar-refractivity contribution in [1.29, 1.82) is 0 Å². The fourth-order valence-corrected chi connectivity index (χ4v) is 11.1. The van der Waals surface area contributed by atoms with Crippen molar-refractivity contribution < 1.29 is 39.7 Å². The maximum Gasteiger partial charge on any atom is 0.212 e. The molecular weight excluding hydrogens is 1120 g/mol. The van der Waals surface area contributed by atoms with Crippen molar-refractivity contribution in [3.8, 4) is 67.5 Å². The third kappa shape index (κ3) is 18.2. The van der Waals surface area contributed by atoms with Gasteiger partial charge < -0.3 is 0 Å². The van der Waals surface area contributed by atoms with Crippen molar-refractivity contribution in [3.05, 3.63) is 321 Å². The summed E-state index contributed by atoms with van der Waals surface area (Å²) in [5.41, 5.74) is 27.7. The Labute approximate surface area is 565 Å². The number of hydrogen-bond acceptors (Lipinski definition) is 0. The summed E-state index contributed by atoms with van der Waals surface area (Å²) in [4.78, 5) is 0. The number of aromatic nitrogens is 6. The Morgan fingerprint density at radius 1 is 0.217 bits per heavy atom. The zero-order valence-corrected chi connectivity index (χ0v) is 57.3. The Morgan fingerprint density at radius 3 is 1.01 bits per heavy atom. The van der Waals surface area contributed by atoms with Gasteiger partial charge in [-0.2, -0.15) is 0 Å². The highest BCUT2D eigenvalue weighted by Gasteiger charge is 2.17. The average Bonchev–Trinajstić information content (AvgIpc) is 0.771. The number of pyridine rings is 6. The first kappa shape index (κ1) is 57.4. The lowest BCUT2D eigenvalue weighted by Gasteiger charge is -2.08. The second kappa shape index (κ2) is 32.8. The van der Waals surface area contributed by atoms with Crippen LogP contribution >= 0.6 is 0 Å². The molecule has 6 heterocycles. The Morgan fingerprint density at radius 2 is 0.565 bits per heavy atom. The molecule has 6 aromatic carbocycles. The third-order valence-corrected chi connectivity index (χ3v) is 16.9. The van der Waals surface area contributed by atoms with E-state index in [-0.39, 0.29) is 11.1 Å². The molecule has 0 N–H and O–H groups in total. The maximum absolute atomic E-state index is 7.65. The van der Waals surface area contributed by atoms with E-state index < -0.39 is 20.6 Å². The van der Waals surface area contributed by atoms with E-state index in [0.29, 0.717) is 11.3 Å². The first-order valence-corrected chi connectivity index (χ1v) is 31.3. The minimum absolute atomic E-state index is 0.121. The van der Waals surface area contributed by atoms with E-state index in [0.717, 1.165) is 33.5 Å². The van der Waals surface area contributed by atoms with Crippen molar-refractivity contribution >= 4 is 0 Å². The van der Waals surface area contributed by atoms with Crippen molar-refractivity contribution in [2.45, 2.75) is 96.7 Å². The molecule has 0 amide bonds. The second-order valence-electron chi connectivity index (χ2n) is 24.0. The Bertz CT molecular complexity index is 4680. The molecule has 0 aliphatic heterocycles. The van der Waals surface area contributed by atoms with Crippen LogP contribution in [0.5, 0.6) is 0 Å². The van der Waals surface area contributed by atoms with E-state index >= 15 is 0 Å². The van der Waals surface area contributed by atoms with E-state index in [9.17, 15) is 0 Å². The van der Waals surface area contributed by atoms with E-state index in [1.54, 1.807) is 17.7 Å². The summed E-state index contributed by atoms with van der Waals surface area (Å²) in [6.07, 6.45) is 11.7. The van der Waals surface area contributed by atoms with Crippen LogP contribution in [0.3, 0.4) is 0 Å². The average molecular weight is 1230 g/mol. The number of benzene rings is 6. The minimum Gasteiger partial charge on any atom is -0.201 e. The quantitative estimate of drug-likeness (QED) is 0.148. The molecule has 6 nitrogen and oxygen atoms in total. The molecule has 0 atom stereocenters. The van der Waals surface area contributed by atoms with Crippen LogP contribution < -0.4 is 27.4 Å². The number of rotatable bonds is 6. The second-order valence-corrected chi connectivity index (χ2v) is 24.0. The summed E-state index contributed by atoms with van der Waals surface area (Å²) in [6, 6.07) is 70.0. The Kier molecular flexibility index (Phi) is 20.5. The van der Waals surface area contributed by atoms with Gasteiger partial charge in [-0.25, -0.2) is 27.4 Å². The molecular formula is C86H100N6+6. The fraction of sp³-hybridized carbons (Fsp3) is 0.233. The van der Waals surface area contributed by atoms with Gasteiger partial charge >= 0.3 is 0 Å². The molecule has 6 heteroatoms. The molecule has 0 saturated carbocycles. The maximum atomic E-state index is 7.65. The first-order chi connectivity index (χ1) is 47.6. The van der Waals surface area contributed by atoms with Crippen LogP contribution in [-0.4, -0.2) is 0 Å². The van der Waals surface area contributed by atoms with Gasteiger partial charge in [0.15, 0.2) is 37.2 Å². The highest BCUT2D eigenvalue weighted by molar-refractivity contribution is 5.66. The van der Waals surface area contributed by atoms with Crippen molar-refractivity contribution in [1.82, 2.24) is 0 Å². The lowest BCUT2D eigenvalue weighted by atomic mass is 9.98. The summed E-state index contributed by atoms with van der Waals surface area (Å²) < 4.78 is 80.7. The molecule has 0 radical (unpaired) electrons. The largest absolute Gasteiger partial charge is 0.212 e. The SMILES string of the molecule is Cc1ccc(-c2cccc[n+]2C)c(C)c1.Cc1ccc(C)c(-c2cccc[n+]2C)c1.Cc1cccc(-c2cccc[n+]2C)c1C.Cc1cccc(-c2cccc[n+]2C)c1C.[2H]C([2H])([2H])c1cc(-c2ccccc2C)[n+](C)cc1C([2H])([2H])[2H].[2H]C([2H])([2H])c1cc(C)c(-c2cccc[n+]2C)cc1C. The fourth-order valence-electron chi connectivity index (χ4n) is 11.1. The van der Waals surface area contributed by atoms with Crippen LogP contribution in [0, 0.1) is 96.7 Å². The van der Waals surface area contributed by atoms with Gasteiger partial charge in [0.25, 0.3) is 0 Å². The van der Waals surface area contributed by atoms with Crippen molar-refractivity contribution in [2.75, 3.05) is 0 Å². The minimum atomic E-state index is -2.48. The Hall–Kier alpha value is -9.78. The van der Waals surface area contributed by atoms with Crippen LogP contribution in [0.15, 0.2) is 243 Å². The van der Waals surface area contributed by atoms with Crippen LogP contribution in [-0.2, 0) is 42.3 Å². The van der Waals surface area contributed by atoms with Crippen LogP contribution in [0.25, 0.3) is 67.5 Å². The number of nitrogens with zero attached hydrogens (tertiary/aromatic N) is 6. The molecule has 92 heavy (non-hydrogen) atoms. The van der Waals surface area contributed by atoms with Crippen LogP contribution in [0.1, 0.15) is 90.2 Å². The number of aryl methyl sites for hydroxylation is 18. The molecule has 12 rings (SSSR count). The molecule has 6 aromatic heterocycles. The molecule has 0 saturated heterocycles. The van der Waals surface area contributed by atoms with Gasteiger partial charge in [-0.1, -0.05) is 83.9 Å². The zero-order valence-electron chi connectivity index (χ0n) is 66.3. The summed E-state index contributed by atoms with van der Waals surface area (Å²) in [5.74, 6) is 0. The van der Waals surface area contributed by atoms with Gasteiger partial charge in [-0.15, -0.1) is 0 Å². The van der Waals surface area contributed by atoms with E-state index in [2.05, 4.69) is 266 Å². The smallest absolute Gasteiger partial charge is 0.201 e.